The molecule has 140 valence electrons. The summed E-state index contributed by atoms with van der Waals surface area (Å²) < 4.78 is 42.0. The van der Waals surface area contributed by atoms with Crippen molar-refractivity contribution in [2.45, 2.75) is 25.4 Å². The molecule has 0 unspecified atom stereocenters. The van der Waals surface area contributed by atoms with Gasteiger partial charge in [-0.15, -0.1) is 0 Å². The number of rotatable bonds is 2. The van der Waals surface area contributed by atoms with Gasteiger partial charge < -0.3 is 5.32 Å². The molecule has 3 aromatic rings. The fourth-order valence-electron chi connectivity index (χ4n) is 3.37. The molecule has 2 heterocycles. The molecule has 0 aliphatic carbocycles. The molecule has 1 aliphatic rings. The highest BCUT2D eigenvalue weighted by atomic mass is 79.9. The van der Waals surface area contributed by atoms with Crippen LogP contribution in [0.15, 0.2) is 53.0 Å². The predicted molar refractivity (Wildman–Crippen MR) is 103 cm³/mol. The molecule has 1 aliphatic heterocycles. The first-order valence-electron chi connectivity index (χ1n) is 8.73. The van der Waals surface area contributed by atoms with E-state index in [1.165, 1.54) is 6.07 Å². The van der Waals surface area contributed by atoms with Gasteiger partial charge in [-0.05, 0) is 49.6 Å². The standard InChI is InChI=1S/C20H17BrF3N3/c21-15-7-3-5-13(11-15)18-17-9-1-2-10-25-19(17)27(26-18)16-8-4-6-14(12-16)20(22,23)24/h3-8,11-12,25H,1-2,9-10H2. The van der Waals surface area contributed by atoms with Crippen LogP contribution >= 0.6 is 15.9 Å². The van der Waals surface area contributed by atoms with E-state index in [0.717, 1.165) is 65.1 Å². The lowest BCUT2D eigenvalue weighted by Crippen LogP contribution is -2.09. The van der Waals surface area contributed by atoms with E-state index in [0.29, 0.717) is 5.69 Å². The summed E-state index contributed by atoms with van der Waals surface area (Å²) in [6.45, 7) is 0.773. The van der Waals surface area contributed by atoms with Crippen molar-refractivity contribution in [2.24, 2.45) is 0 Å². The molecule has 27 heavy (non-hydrogen) atoms. The molecule has 4 rings (SSSR count). The quantitative estimate of drug-likeness (QED) is 0.529. The van der Waals surface area contributed by atoms with E-state index >= 15 is 0 Å². The van der Waals surface area contributed by atoms with Crippen molar-refractivity contribution in [3.05, 3.63) is 64.1 Å². The zero-order chi connectivity index (χ0) is 19.0. The first-order valence-corrected chi connectivity index (χ1v) is 9.52. The molecule has 1 aromatic heterocycles. The van der Waals surface area contributed by atoms with Gasteiger partial charge in [0.1, 0.15) is 5.82 Å². The summed E-state index contributed by atoms with van der Waals surface area (Å²) in [4.78, 5) is 0. The average molecular weight is 436 g/mol. The Kier molecular flexibility index (Phi) is 4.72. The number of fused-ring (bicyclic) bond motifs is 1. The van der Waals surface area contributed by atoms with Crippen LogP contribution in [-0.2, 0) is 12.6 Å². The Hall–Kier alpha value is -2.28. The maximum absolute atomic E-state index is 13.2. The molecule has 7 heteroatoms. The third-order valence-electron chi connectivity index (χ3n) is 4.65. The van der Waals surface area contributed by atoms with Crippen LogP contribution in [0.25, 0.3) is 16.9 Å². The number of hydrogen-bond acceptors (Lipinski definition) is 2. The lowest BCUT2D eigenvalue weighted by atomic mass is 10.0. The van der Waals surface area contributed by atoms with Crippen molar-refractivity contribution in [3.8, 4) is 16.9 Å². The minimum Gasteiger partial charge on any atom is -0.370 e. The van der Waals surface area contributed by atoms with E-state index < -0.39 is 11.7 Å². The Morgan fingerprint density at radius 2 is 1.85 bits per heavy atom. The van der Waals surface area contributed by atoms with Gasteiger partial charge >= 0.3 is 6.18 Å². The van der Waals surface area contributed by atoms with Gasteiger partial charge in [-0.25, -0.2) is 4.68 Å². The van der Waals surface area contributed by atoms with Crippen LogP contribution in [0.1, 0.15) is 24.0 Å². The Morgan fingerprint density at radius 1 is 1.04 bits per heavy atom. The SMILES string of the molecule is FC(F)(F)c1cccc(-n2nc(-c3cccc(Br)c3)c3c2NCCCC3)c1. The van der Waals surface area contributed by atoms with E-state index in [1.807, 2.05) is 24.3 Å². The van der Waals surface area contributed by atoms with E-state index in [9.17, 15) is 13.2 Å². The molecule has 0 saturated carbocycles. The molecule has 3 nitrogen and oxygen atoms in total. The summed E-state index contributed by atoms with van der Waals surface area (Å²) in [5.41, 5.74) is 2.51. The summed E-state index contributed by atoms with van der Waals surface area (Å²) in [6, 6.07) is 13.1. The van der Waals surface area contributed by atoms with Gasteiger partial charge in [-0.1, -0.05) is 34.1 Å². The summed E-state index contributed by atoms with van der Waals surface area (Å²) in [5, 5.41) is 8.07. The van der Waals surface area contributed by atoms with Gasteiger partial charge in [-0.2, -0.15) is 18.3 Å². The second-order valence-electron chi connectivity index (χ2n) is 6.53. The molecule has 2 aromatic carbocycles. The third-order valence-corrected chi connectivity index (χ3v) is 5.14. The second-order valence-corrected chi connectivity index (χ2v) is 7.45. The lowest BCUT2D eigenvalue weighted by molar-refractivity contribution is -0.137. The Balaban J connectivity index is 1.89. The third kappa shape index (κ3) is 3.60. The number of halogens is 4. The molecule has 0 fully saturated rings. The van der Waals surface area contributed by atoms with Gasteiger partial charge in [0.2, 0.25) is 0 Å². The van der Waals surface area contributed by atoms with Crippen LogP contribution in [0.5, 0.6) is 0 Å². The van der Waals surface area contributed by atoms with Gasteiger partial charge in [-0.3, -0.25) is 0 Å². The topological polar surface area (TPSA) is 29.9 Å². The van der Waals surface area contributed by atoms with E-state index in [1.54, 1.807) is 10.7 Å². The molecule has 1 N–H and O–H groups in total. The minimum atomic E-state index is -4.39. The van der Waals surface area contributed by atoms with Crippen LogP contribution in [0, 0.1) is 0 Å². The largest absolute Gasteiger partial charge is 0.416 e. The number of alkyl halides is 3. The number of hydrogen-bond donors (Lipinski definition) is 1. The Morgan fingerprint density at radius 3 is 2.63 bits per heavy atom. The average Bonchev–Trinajstić information content (AvgIpc) is 2.82. The van der Waals surface area contributed by atoms with Crippen LogP contribution in [0.3, 0.4) is 0 Å². The lowest BCUT2D eigenvalue weighted by Gasteiger charge is -2.12. The van der Waals surface area contributed by atoms with E-state index in [2.05, 4.69) is 21.2 Å². The van der Waals surface area contributed by atoms with Crippen molar-refractivity contribution in [3.63, 3.8) is 0 Å². The van der Waals surface area contributed by atoms with Crippen LogP contribution in [-0.4, -0.2) is 16.3 Å². The fraction of sp³-hybridized carbons (Fsp3) is 0.250. The first-order chi connectivity index (χ1) is 12.9. The summed E-state index contributed by atoms with van der Waals surface area (Å²) in [7, 11) is 0. The van der Waals surface area contributed by atoms with Crippen molar-refractivity contribution >= 4 is 21.7 Å². The summed E-state index contributed by atoms with van der Waals surface area (Å²) in [6.07, 6.45) is -1.53. The molecule has 0 bridgehead atoms. The van der Waals surface area contributed by atoms with Crippen LogP contribution < -0.4 is 5.32 Å². The normalized spacial score (nSPS) is 14.4. The van der Waals surface area contributed by atoms with Gasteiger partial charge in [0, 0.05) is 22.1 Å². The van der Waals surface area contributed by atoms with Gasteiger partial charge in [0.25, 0.3) is 0 Å². The molecule has 0 amide bonds. The summed E-state index contributed by atoms with van der Waals surface area (Å²) >= 11 is 3.48. The summed E-state index contributed by atoms with van der Waals surface area (Å²) in [5.74, 6) is 0.779. The molecular formula is C20H17BrF3N3. The number of nitrogens with one attached hydrogen (secondary N) is 1. The highest BCUT2D eigenvalue weighted by molar-refractivity contribution is 9.10. The second kappa shape index (κ2) is 7.03. The first kappa shape index (κ1) is 18.1. The maximum atomic E-state index is 13.2. The van der Waals surface area contributed by atoms with E-state index in [4.69, 9.17) is 5.10 Å². The zero-order valence-electron chi connectivity index (χ0n) is 14.4. The Labute approximate surface area is 163 Å². The molecular weight excluding hydrogens is 419 g/mol. The van der Waals surface area contributed by atoms with Crippen molar-refractivity contribution < 1.29 is 13.2 Å². The van der Waals surface area contributed by atoms with Gasteiger partial charge in [0.15, 0.2) is 0 Å². The predicted octanol–water partition coefficient (Wildman–Crippen LogP) is 6.07. The molecule has 0 saturated heterocycles. The smallest absolute Gasteiger partial charge is 0.370 e. The monoisotopic (exact) mass is 435 g/mol. The van der Waals surface area contributed by atoms with Gasteiger partial charge in [0.05, 0.1) is 16.9 Å². The highest BCUT2D eigenvalue weighted by Crippen LogP contribution is 2.36. The van der Waals surface area contributed by atoms with Crippen molar-refractivity contribution in [2.75, 3.05) is 11.9 Å². The molecule has 0 spiro atoms. The number of benzene rings is 2. The van der Waals surface area contributed by atoms with E-state index in [-0.39, 0.29) is 0 Å². The fourth-order valence-corrected chi connectivity index (χ4v) is 3.77. The Bertz CT molecular complexity index is 979. The van der Waals surface area contributed by atoms with Crippen LogP contribution in [0.4, 0.5) is 19.0 Å². The zero-order valence-corrected chi connectivity index (χ0v) is 15.9. The molecule has 0 radical (unpaired) electrons. The minimum absolute atomic E-state index is 0.400. The van der Waals surface area contributed by atoms with Crippen molar-refractivity contribution in [1.82, 2.24) is 9.78 Å². The number of anilines is 1. The highest BCUT2D eigenvalue weighted by Gasteiger charge is 2.31. The maximum Gasteiger partial charge on any atom is 0.416 e. The van der Waals surface area contributed by atoms with Crippen molar-refractivity contribution in [1.29, 1.82) is 0 Å². The molecule has 0 atom stereocenters. The van der Waals surface area contributed by atoms with Crippen LogP contribution in [0.2, 0.25) is 0 Å². The number of nitrogens with zero attached hydrogens (tertiary/aromatic N) is 2. The number of aromatic nitrogens is 2.